The van der Waals surface area contributed by atoms with Gasteiger partial charge in [0.2, 0.25) is 0 Å². The fraction of sp³-hybridized carbons (Fsp3) is 0.222. The zero-order valence-corrected chi connectivity index (χ0v) is 18.2. The summed E-state index contributed by atoms with van der Waals surface area (Å²) in [7, 11) is 0. The third kappa shape index (κ3) is 7.63. The van der Waals surface area contributed by atoms with Gasteiger partial charge in [0.15, 0.2) is 0 Å². The van der Waals surface area contributed by atoms with Crippen molar-refractivity contribution in [1.82, 2.24) is 0 Å². The van der Waals surface area contributed by atoms with Crippen LogP contribution < -0.4 is 9.67 Å². The van der Waals surface area contributed by atoms with Crippen LogP contribution in [0.25, 0.3) is 0 Å². The van der Waals surface area contributed by atoms with Gasteiger partial charge in [0.25, 0.3) is 0 Å². The van der Waals surface area contributed by atoms with Gasteiger partial charge in [-0.15, -0.1) is 0 Å². The molecular formula is C18H21AsN2O10. The summed E-state index contributed by atoms with van der Waals surface area (Å²) in [4.78, 5) is 33.9. The molecule has 12 nitrogen and oxygen atoms in total. The Hall–Kier alpha value is -3.02. The van der Waals surface area contributed by atoms with Gasteiger partial charge in [0.1, 0.15) is 0 Å². The van der Waals surface area contributed by atoms with Gasteiger partial charge in [-0.3, -0.25) is 0 Å². The van der Waals surface area contributed by atoms with E-state index >= 15 is 0 Å². The number of hydrogen-bond acceptors (Lipinski definition) is 10. The Balaban J connectivity index is 0.000000861. The molecule has 1 unspecified atom stereocenters. The van der Waals surface area contributed by atoms with E-state index in [0.29, 0.717) is 6.42 Å². The average molecular weight is 500 g/mol. The molecule has 4 N–H and O–H groups in total. The van der Waals surface area contributed by atoms with Gasteiger partial charge >= 0.3 is 149 Å². The summed E-state index contributed by atoms with van der Waals surface area (Å²) in [5, 5.41) is 38.3. The molecule has 1 amide bonds. The molecule has 2 rings (SSSR count). The Morgan fingerprint density at radius 2 is 1.71 bits per heavy atom. The number of aliphatic hydroxyl groups is 2. The molecule has 0 radical (unpaired) electrons. The second-order valence-corrected chi connectivity index (χ2v) is 9.56. The molecule has 0 fully saturated rings. The summed E-state index contributed by atoms with van der Waals surface area (Å²) >= 11 is -5.51. The number of anilines is 1. The number of benzene rings is 2. The molecular weight excluding hydrogens is 479 g/mol. The quantitative estimate of drug-likeness (QED) is 0.175. The zero-order valence-electron chi connectivity index (χ0n) is 16.3. The van der Waals surface area contributed by atoms with Gasteiger partial charge in [0, 0.05) is 13.2 Å². The van der Waals surface area contributed by atoms with Crippen molar-refractivity contribution < 1.29 is 41.3 Å². The summed E-state index contributed by atoms with van der Waals surface area (Å²) in [6.07, 6.45) is 0.500. The van der Waals surface area contributed by atoms with Crippen LogP contribution in [0.3, 0.4) is 0 Å². The van der Waals surface area contributed by atoms with E-state index in [-0.39, 0.29) is 18.8 Å². The van der Waals surface area contributed by atoms with Crippen molar-refractivity contribution in [1.29, 1.82) is 0 Å². The van der Waals surface area contributed by atoms with Crippen molar-refractivity contribution in [2.75, 3.05) is 18.5 Å². The number of nitro benzene ring substituents is 1. The third-order valence-electron chi connectivity index (χ3n) is 3.45. The molecule has 0 saturated heterocycles. The van der Waals surface area contributed by atoms with Crippen LogP contribution in [0, 0.1) is 10.1 Å². The molecule has 0 aliphatic carbocycles. The average Bonchev–Trinajstić information content (AvgIpc) is 2.74. The summed E-state index contributed by atoms with van der Waals surface area (Å²) in [6, 6.07) is 10.7. The Labute approximate surface area is 179 Å². The van der Waals surface area contributed by atoms with E-state index in [2.05, 4.69) is 9.19 Å². The molecule has 2 aromatic rings. The van der Waals surface area contributed by atoms with Crippen LogP contribution in [-0.4, -0.2) is 59.7 Å². The summed E-state index contributed by atoms with van der Waals surface area (Å²) in [5.74, 6) is -1.77. The molecule has 0 aliphatic heterocycles. The second kappa shape index (κ2) is 12.6. The molecule has 0 aliphatic rings. The van der Waals surface area contributed by atoms with Crippen LogP contribution in [0.2, 0.25) is 0 Å². The number of nitro groups is 1. The molecule has 1 atom stereocenters. The fourth-order valence-electron chi connectivity index (χ4n) is 2.13. The van der Waals surface area contributed by atoms with E-state index in [0.717, 1.165) is 25.1 Å². The van der Waals surface area contributed by atoms with Crippen LogP contribution >= 0.6 is 0 Å². The molecule has 0 aromatic heterocycles. The predicted molar refractivity (Wildman–Crippen MR) is 108 cm³/mol. The molecule has 168 valence electrons. The molecule has 0 bridgehead atoms. The predicted octanol–water partition coefficient (Wildman–Crippen LogP) is 0.837. The van der Waals surface area contributed by atoms with E-state index in [4.69, 9.17) is 19.2 Å². The smallest absolute Gasteiger partial charge is 0.0452 e. The van der Waals surface area contributed by atoms with Crippen molar-refractivity contribution in [3.8, 4) is 0 Å². The van der Waals surface area contributed by atoms with E-state index in [1.165, 1.54) is 24.3 Å². The number of nitrogens with one attached hydrogen (secondary N) is 1. The first kappa shape index (κ1) is 26.0. The molecule has 0 spiro atoms. The van der Waals surface area contributed by atoms with Gasteiger partial charge in [-0.05, 0) is 6.42 Å². The van der Waals surface area contributed by atoms with E-state index < -0.39 is 46.7 Å². The maximum Gasteiger partial charge on any atom is 0.0452 e. The first-order valence-corrected chi connectivity index (χ1v) is 11.9. The SMILES string of the molecule is CC(=O)Nc1c([N+](=O)[O-])cccc1[As](=O)(OO)OC(=O)c1ccccc1.OCCCO. The van der Waals surface area contributed by atoms with Gasteiger partial charge in [-0.1, -0.05) is 0 Å². The van der Waals surface area contributed by atoms with Crippen LogP contribution in [0.5, 0.6) is 0 Å². The van der Waals surface area contributed by atoms with Crippen molar-refractivity contribution in [3.63, 3.8) is 0 Å². The standard InChI is InChI=1S/C15H13AsN2O8.C3H8O2/c1-10(19)17-14-12(8-5-9-13(14)18(22)23)16(21,26-24)25-15(20)11-6-3-2-4-7-11;4-2-1-3-5/h2-9,24H,1H3,(H,17,19);4-5H,1-3H2. The minimum atomic E-state index is -5.51. The summed E-state index contributed by atoms with van der Waals surface area (Å²) in [6.45, 7) is 1.26. The number of carbonyl (C=O) groups is 2. The van der Waals surface area contributed by atoms with Gasteiger partial charge in [0.05, 0.1) is 0 Å². The van der Waals surface area contributed by atoms with E-state index in [1.54, 1.807) is 6.07 Å². The fourth-order valence-corrected chi connectivity index (χ4v) is 4.77. The number of amides is 1. The monoisotopic (exact) mass is 500 g/mol. The normalized spacial score (nSPS) is 12.0. The van der Waals surface area contributed by atoms with Crippen molar-refractivity contribution in [2.24, 2.45) is 0 Å². The first-order valence-electron chi connectivity index (χ1n) is 8.69. The maximum absolute atomic E-state index is 12.9. The molecule has 13 heteroatoms. The molecule has 31 heavy (non-hydrogen) atoms. The first-order chi connectivity index (χ1) is 14.7. The third-order valence-corrected chi connectivity index (χ3v) is 6.77. The Morgan fingerprint density at radius 1 is 1.10 bits per heavy atom. The number of para-hydroxylation sites is 1. The van der Waals surface area contributed by atoms with Crippen LogP contribution in [0.15, 0.2) is 48.5 Å². The molecule has 0 saturated carbocycles. The van der Waals surface area contributed by atoms with Crippen LogP contribution in [0.1, 0.15) is 23.7 Å². The van der Waals surface area contributed by atoms with Crippen molar-refractivity contribution in [2.45, 2.75) is 13.3 Å². The Morgan fingerprint density at radius 3 is 2.16 bits per heavy atom. The van der Waals surface area contributed by atoms with Gasteiger partial charge in [-0.2, -0.15) is 0 Å². The van der Waals surface area contributed by atoms with E-state index in [1.807, 2.05) is 0 Å². The minimum Gasteiger partial charge on any atom is -0.396 e. The Bertz CT molecular complexity index is 950. The molecule has 0 heterocycles. The maximum atomic E-state index is 12.9. The van der Waals surface area contributed by atoms with E-state index in [9.17, 15) is 23.4 Å². The minimum absolute atomic E-state index is 0.0256. The van der Waals surface area contributed by atoms with Gasteiger partial charge < -0.3 is 10.2 Å². The van der Waals surface area contributed by atoms with Crippen molar-refractivity contribution in [3.05, 3.63) is 64.2 Å². The largest absolute Gasteiger partial charge is 0.396 e. The van der Waals surface area contributed by atoms with Gasteiger partial charge in [-0.25, -0.2) is 0 Å². The number of hydrogen-bond donors (Lipinski definition) is 4. The number of aliphatic hydroxyl groups excluding tert-OH is 2. The number of carbonyl (C=O) groups excluding carboxylic acids is 2. The Kier molecular flexibility index (Phi) is 10.6. The molecule has 2 aromatic carbocycles. The second-order valence-electron chi connectivity index (χ2n) is 5.73. The number of rotatable bonds is 8. The summed E-state index contributed by atoms with van der Waals surface area (Å²) < 4.78 is 21.2. The summed E-state index contributed by atoms with van der Waals surface area (Å²) in [5.41, 5.74) is -1.06. The van der Waals surface area contributed by atoms with Crippen molar-refractivity contribution >= 4 is 41.8 Å². The number of nitrogens with zero attached hydrogens (tertiary/aromatic N) is 1. The zero-order chi connectivity index (χ0) is 23.4. The van der Waals surface area contributed by atoms with Crippen LogP contribution in [-0.2, 0) is 16.1 Å². The topological polar surface area (TPSA) is 186 Å². The van der Waals surface area contributed by atoms with Crippen LogP contribution in [0.4, 0.5) is 11.4 Å².